The number of hydrogen-bond acceptors (Lipinski definition) is 3. The second-order valence-corrected chi connectivity index (χ2v) is 4.01. The average molecular weight is 216 g/mol. The number of carboxylic acids is 1. The zero-order chi connectivity index (χ0) is 12.0. The van der Waals surface area contributed by atoms with Gasteiger partial charge in [-0.25, -0.2) is 4.79 Å². The summed E-state index contributed by atoms with van der Waals surface area (Å²) in [6.45, 7) is 3.92. The lowest BCUT2D eigenvalue weighted by Gasteiger charge is -2.21. The molecule has 0 aromatic rings. The van der Waals surface area contributed by atoms with Crippen LogP contribution < -0.4 is 5.32 Å². The van der Waals surface area contributed by atoms with Gasteiger partial charge in [-0.2, -0.15) is 0 Å². The van der Waals surface area contributed by atoms with E-state index in [4.69, 9.17) is 5.11 Å². The van der Waals surface area contributed by atoms with Crippen LogP contribution in [0.3, 0.4) is 0 Å². The van der Waals surface area contributed by atoms with Gasteiger partial charge in [0.25, 0.3) is 0 Å². The third-order valence-electron chi connectivity index (χ3n) is 2.26. The minimum Gasteiger partial charge on any atom is -0.480 e. The van der Waals surface area contributed by atoms with Gasteiger partial charge in [0, 0.05) is 0 Å². The molecule has 0 radical (unpaired) electrons. The van der Waals surface area contributed by atoms with Crippen molar-refractivity contribution in [3.05, 3.63) is 0 Å². The number of rotatable bonds is 6. The lowest BCUT2D eigenvalue weighted by molar-refractivity contribution is -0.143. The molecule has 0 aromatic heterocycles. The van der Waals surface area contributed by atoms with Gasteiger partial charge in [0.1, 0.15) is 6.04 Å². The molecule has 15 heavy (non-hydrogen) atoms. The molecule has 0 aromatic carbocycles. The molecule has 0 spiro atoms. The maximum Gasteiger partial charge on any atom is 0.326 e. The van der Waals surface area contributed by atoms with Crippen LogP contribution in [-0.2, 0) is 9.59 Å². The molecule has 0 aliphatic rings. The summed E-state index contributed by atoms with van der Waals surface area (Å²) in [6.07, 6.45) is 0.721. The molecule has 2 atom stereocenters. The molecule has 0 fully saturated rings. The number of carboxylic acid groups (broad SMARTS) is 1. The Bertz CT molecular complexity index is 229. The molecule has 0 saturated heterocycles. The molecule has 88 valence electrons. The molecule has 0 aliphatic carbocycles. The van der Waals surface area contributed by atoms with Crippen molar-refractivity contribution in [1.82, 2.24) is 10.2 Å². The van der Waals surface area contributed by atoms with Crippen molar-refractivity contribution in [3.8, 4) is 0 Å². The largest absolute Gasteiger partial charge is 0.480 e. The summed E-state index contributed by atoms with van der Waals surface area (Å²) in [5.41, 5.74) is 0. The van der Waals surface area contributed by atoms with E-state index in [0.29, 0.717) is 0 Å². The minimum atomic E-state index is -0.976. The highest BCUT2D eigenvalue weighted by molar-refractivity contribution is 5.84. The van der Waals surface area contributed by atoms with E-state index in [1.54, 1.807) is 19.0 Å². The minimum absolute atomic E-state index is 0.0615. The fourth-order valence-corrected chi connectivity index (χ4v) is 1.19. The summed E-state index contributed by atoms with van der Waals surface area (Å²) in [5.74, 6) is -1.29. The maximum atomic E-state index is 11.4. The van der Waals surface area contributed by atoms with Crippen LogP contribution in [0.4, 0.5) is 0 Å². The van der Waals surface area contributed by atoms with Crippen LogP contribution in [-0.4, -0.2) is 48.6 Å². The first-order valence-corrected chi connectivity index (χ1v) is 5.05. The van der Waals surface area contributed by atoms with Crippen molar-refractivity contribution in [2.24, 2.45) is 5.92 Å². The van der Waals surface area contributed by atoms with E-state index in [2.05, 4.69) is 5.32 Å². The van der Waals surface area contributed by atoms with Gasteiger partial charge in [0.2, 0.25) is 5.91 Å². The molecule has 5 heteroatoms. The Balaban J connectivity index is 4.29. The molecule has 1 amide bonds. The third-order valence-corrected chi connectivity index (χ3v) is 2.26. The summed E-state index contributed by atoms with van der Waals surface area (Å²) in [6, 6.07) is -0.789. The third kappa shape index (κ3) is 5.37. The van der Waals surface area contributed by atoms with Crippen molar-refractivity contribution in [3.63, 3.8) is 0 Å². The monoisotopic (exact) mass is 216 g/mol. The summed E-state index contributed by atoms with van der Waals surface area (Å²) in [7, 11) is 3.53. The Kier molecular flexibility index (Phi) is 5.93. The summed E-state index contributed by atoms with van der Waals surface area (Å²) in [5, 5.41) is 11.4. The number of likely N-dealkylation sites (N-methyl/N-ethyl adjacent to an activating group) is 1. The number of nitrogens with one attached hydrogen (secondary N) is 1. The Morgan fingerprint density at radius 3 is 2.27 bits per heavy atom. The average Bonchev–Trinajstić information content (AvgIpc) is 2.11. The number of nitrogens with zero attached hydrogens (tertiary/aromatic N) is 1. The quantitative estimate of drug-likeness (QED) is 0.663. The molecule has 0 saturated carbocycles. The Morgan fingerprint density at radius 1 is 1.40 bits per heavy atom. The maximum absolute atomic E-state index is 11.4. The zero-order valence-electron chi connectivity index (χ0n) is 9.78. The fraction of sp³-hybridized carbons (Fsp3) is 0.800. The lowest BCUT2D eigenvalue weighted by atomic mass is 9.99. The number of hydrogen-bond donors (Lipinski definition) is 2. The molecule has 0 rings (SSSR count). The van der Waals surface area contributed by atoms with Crippen molar-refractivity contribution in [2.75, 3.05) is 20.6 Å². The van der Waals surface area contributed by atoms with E-state index >= 15 is 0 Å². The highest BCUT2D eigenvalue weighted by Crippen LogP contribution is 2.07. The summed E-state index contributed by atoms with van der Waals surface area (Å²) >= 11 is 0. The molecule has 0 bridgehead atoms. The van der Waals surface area contributed by atoms with E-state index in [0.717, 1.165) is 6.42 Å². The Morgan fingerprint density at radius 2 is 1.93 bits per heavy atom. The first-order chi connectivity index (χ1) is 6.88. The highest BCUT2D eigenvalue weighted by atomic mass is 16.4. The van der Waals surface area contributed by atoms with Crippen LogP contribution in [0.2, 0.25) is 0 Å². The zero-order valence-corrected chi connectivity index (χ0v) is 9.78. The van der Waals surface area contributed by atoms with E-state index < -0.39 is 12.0 Å². The SMILES string of the molecule is CC[C@H](C)[C@H](NC(=O)CN(C)C)C(=O)O. The van der Waals surface area contributed by atoms with Gasteiger partial charge in [0.15, 0.2) is 0 Å². The normalized spacial score (nSPS) is 14.7. The van der Waals surface area contributed by atoms with Crippen LogP contribution in [0.1, 0.15) is 20.3 Å². The second-order valence-electron chi connectivity index (χ2n) is 4.01. The number of carbonyl (C=O) groups excluding carboxylic acids is 1. The van der Waals surface area contributed by atoms with Gasteiger partial charge in [-0.1, -0.05) is 20.3 Å². The van der Waals surface area contributed by atoms with Gasteiger partial charge < -0.3 is 15.3 Å². The summed E-state index contributed by atoms with van der Waals surface area (Å²) in [4.78, 5) is 24.0. The Hall–Kier alpha value is -1.10. The van der Waals surface area contributed by atoms with Crippen LogP contribution in [0.25, 0.3) is 0 Å². The van der Waals surface area contributed by atoms with Crippen molar-refractivity contribution < 1.29 is 14.7 Å². The Labute approximate surface area is 90.5 Å². The van der Waals surface area contributed by atoms with Crippen LogP contribution >= 0.6 is 0 Å². The van der Waals surface area contributed by atoms with E-state index in [1.165, 1.54) is 0 Å². The first-order valence-electron chi connectivity index (χ1n) is 5.05. The van der Waals surface area contributed by atoms with Crippen molar-refractivity contribution in [1.29, 1.82) is 0 Å². The molecular weight excluding hydrogens is 196 g/mol. The molecule has 0 unspecified atom stereocenters. The number of aliphatic carboxylic acids is 1. The molecular formula is C10H20N2O3. The molecule has 2 N–H and O–H groups in total. The predicted molar refractivity (Wildman–Crippen MR) is 57.6 cm³/mol. The van der Waals surface area contributed by atoms with Crippen molar-refractivity contribution in [2.45, 2.75) is 26.3 Å². The van der Waals surface area contributed by atoms with Gasteiger partial charge in [-0.15, -0.1) is 0 Å². The second kappa shape index (κ2) is 6.40. The predicted octanol–water partition coefficient (Wildman–Crippen LogP) is 0.164. The lowest BCUT2D eigenvalue weighted by Crippen LogP contribution is -2.47. The molecule has 0 aliphatic heterocycles. The first kappa shape index (κ1) is 13.9. The number of amides is 1. The molecule has 5 nitrogen and oxygen atoms in total. The number of carbonyl (C=O) groups is 2. The van der Waals surface area contributed by atoms with Gasteiger partial charge >= 0.3 is 5.97 Å². The smallest absolute Gasteiger partial charge is 0.326 e. The van der Waals surface area contributed by atoms with E-state index in [-0.39, 0.29) is 18.4 Å². The van der Waals surface area contributed by atoms with Crippen LogP contribution in [0, 0.1) is 5.92 Å². The standard InChI is InChI=1S/C10H20N2O3/c1-5-7(2)9(10(14)15)11-8(13)6-12(3)4/h7,9H,5-6H2,1-4H3,(H,11,13)(H,14,15)/t7-,9-/m0/s1. The summed E-state index contributed by atoms with van der Waals surface area (Å²) < 4.78 is 0. The van der Waals surface area contributed by atoms with Crippen molar-refractivity contribution >= 4 is 11.9 Å². The van der Waals surface area contributed by atoms with Crippen LogP contribution in [0.15, 0.2) is 0 Å². The van der Waals surface area contributed by atoms with Gasteiger partial charge in [0.05, 0.1) is 6.54 Å². The van der Waals surface area contributed by atoms with E-state index in [1.807, 2.05) is 13.8 Å². The van der Waals surface area contributed by atoms with Gasteiger partial charge in [-0.05, 0) is 20.0 Å². The van der Waals surface area contributed by atoms with Gasteiger partial charge in [-0.3, -0.25) is 4.79 Å². The van der Waals surface area contributed by atoms with Crippen LogP contribution in [0.5, 0.6) is 0 Å². The fourth-order valence-electron chi connectivity index (χ4n) is 1.19. The highest BCUT2D eigenvalue weighted by Gasteiger charge is 2.25. The topological polar surface area (TPSA) is 69.6 Å². The molecule has 0 heterocycles. The van der Waals surface area contributed by atoms with E-state index in [9.17, 15) is 9.59 Å².